The van der Waals surface area contributed by atoms with Crippen molar-refractivity contribution < 1.29 is 0 Å². The summed E-state index contributed by atoms with van der Waals surface area (Å²) in [4.78, 5) is 15.1. The van der Waals surface area contributed by atoms with Gasteiger partial charge in [-0.2, -0.15) is 15.0 Å². The largest absolute Gasteiger partial charge is 0.368 e. The second-order valence-corrected chi connectivity index (χ2v) is 7.71. The van der Waals surface area contributed by atoms with E-state index < -0.39 is 0 Å². The SMILES string of the molecule is CSc1nnc(Sc2nc(N)nc(N3CCCCC3)n2)s1. The molecule has 1 aliphatic heterocycles. The van der Waals surface area contributed by atoms with E-state index in [2.05, 4.69) is 30.0 Å². The quantitative estimate of drug-likeness (QED) is 0.839. The van der Waals surface area contributed by atoms with Crippen LogP contribution in [0.4, 0.5) is 11.9 Å². The first-order chi connectivity index (χ1) is 10.2. The van der Waals surface area contributed by atoms with E-state index in [0.29, 0.717) is 11.1 Å². The van der Waals surface area contributed by atoms with Gasteiger partial charge in [-0.25, -0.2) is 0 Å². The standard InChI is InChI=1S/C11H15N7S3/c1-19-10-16-17-11(21-10)20-9-14-7(12)13-8(15-9)18-5-3-2-4-6-18/h2-6H2,1H3,(H2,12,13,14,15). The van der Waals surface area contributed by atoms with Gasteiger partial charge in [-0.3, -0.25) is 0 Å². The Morgan fingerprint density at radius 2 is 1.81 bits per heavy atom. The number of hydrogen-bond acceptors (Lipinski definition) is 10. The number of piperidine rings is 1. The molecule has 0 spiro atoms. The number of nitrogen functional groups attached to an aromatic ring is 1. The number of aromatic nitrogens is 5. The number of rotatable bonds is 4. The van der Waals surface area contributed by atoms with E-state index in [1.807, 2.05) is 6.26 Å². The lowest BCUT2D eigenvalue weighted by molar-refractivity contribution is 0.565. The van der Waals surface area contributed by atoms with Crippen molar-refractivity contribution in [2.24, 2.45) is 0 Å². The van der Waals surface area contributed by atoms with Crippen LogP contribution in [0.3, 0.4) is 0 Å². The minimum Gasteiger partial charge on any atom is -0.368 e. The molecule has 0 unspecified atom stereocenters. The lowest BCUT2D eigenvalue weighted by Crippen LogP contribution is -2.31. The molecule has 21 heavy (non-hydrogen) atoms. The molecule has 7 nitrogen and oxygen atoms in total. The summed E-state index contributed by atoms with van der Waals surface area (Å²) >= 11 is 4.48. The molecule has 0 amide bonds. The lowest BCUT2D eigenvalue weighted by Gasteiger charge is -2.26. The highest BCUT2D eigenvalue weighted by Gasteiger charge is 2.16. The Kier molecular flexibility index (Phi) is 4.76. The summed E-state index contributed by atoms with van der Waals surface area (Å²) in [6.45, 7) is 1.95. The third kappa shape index (κ3) is 3.74. The molecule has 1 aliphatic rings. The second-order valence-electron chi connectivity index (χ2n) is 4.46. The first-order valence-electron chi connectivity index (χ1n) is 6.56. The van der Waals surface area contributed by atoms with Crippen LogP contribution in [0.1, 0.15) is 19.3 Å². The van der Waals surface area contributed by atoms with Gasteiger partial charge in [0, 0.05) is 13.1 Å². The number of nitrogens with zero attached hydrogens (tertiary/aromatic N) is 6. The first kappa shape index (κ1) is 14.8. The molecule has 1 saturated heterocycles. The van der Waals surface area contributed by atoms with Gasteiger partial charge in [0.2, 0.25) is 17.1 Å². The predicted octanol–water partition coefficient (Wildman–Crippen LogP) is 2.17. The Bertz CT molecular complexity index is 612. The summed E-state index contributed by atoms with van der Waals surface area (Å²) in [5, 5.41) is 8.75. The van der Waals surface area contributed by atoms with Crippen LogP contribution in [0.5, 0.6) is 0 Å². The van der Waals surface area contributed by atoms with E-state index in [1.54, 1.807) is 11.8 Å². The molecule has 0 atom stereocenters. The van der Waals surface area contributed by atoms with Crippen LogP contribution in [0.2, 0.25) is 0 Å². The highest BCUT2D eigenvalue weighted by Crippen LogP contribution is 2.31. The van der Waals surface area contributed by atoms with Crippen LogP contribution >= 0.6 is 34.9 Å². The van der Waals surface area contributed by atoms with Crippen molar-refractivity contribution in [1.29, 1.82) is 0 Å². The van der Waals surface area contributed by atoms with Crippen LogP contribution in [0.25, 0.3) is 0 Å². The minimum atomic E-state index is 0.252. The van der Waals surface area contributed by atoms with Crippen molar-refractivity contribution in [3.8, 4) is 0 Å². The normalized spacial score (nSPS) is 15.4. The molecule has 2 N–H and O–H groups in total. The molecule has 0 bridgehead atoms. The van der Waals surface area contributed by atoms with Gasteiger partial charge < -0.3 is 10.6 Å². The summed E-state index contributed by atoms with van der Waals surface area (Å²) in [6, 6.07) is 0. The van der Waals surface area contributed by atoms with Gasteiger partial charge in [0.1, 0.15) is 0 Å². The van der Waals surface area contributed by atoms with Crippen LogP contribution in [0.15, 0.2) is 13.8 Å². The van der Waals surface area contributed by atoms with Crippen molar-refractivity contribution in [2.75, 3.05) is 30.0 Å². The van der Waals surface area contributed by atoms with Crippen LogP contribution in [-0.2, 0) is 0 Å². The number of hydrogen-bond donors (Lipinski definition) is 1. The van der Waals surface area contributed by atoms with Crippen LogP contribution in [-0.4, -0.2) is 44.5 Å². The smallest absolute Gasteiger partial charge is 0.231 e. The molecule has 0 radical (unpaired) electrons. The van der Waals surface area contributed by atoms with Crippen molar-refractivity contribution in [3.05, 3.63) is 0 Å². The molecule has 2 aromatic heterocycles. The first-order valence-corrected chi connectivity index (χ1v) is 9.42. The van der Waals surface area contributed by atoms with Gasteiger partial charge in [-0.15, -0.1) is 10.2 Å². The summed E-state index contributed by atoms with van der Waals surface area (Å²) in [5.74, 6) is 0.919. The Morgan fingerprint density at radius 3 is 2.52 bits per heavy atom. The maximum Gasteiger partial charge on any atom is 0.231 e. The van der Waals surface area contributed by atoms with Crippen molar-refractivity contribution in [2.45, 2.75) is 33.1 Å². The zero-order chi connectivity index (χ0) is 14.7. The minimum absolute atomic E-state index is 0.252. The highest BCUT2D eigenvalue weighted by atomic mass is 32.2. The molecule has 1 fully saturated rings. The summed E-state index contributed by atoms with van der Waals surface area (Å²) < 4.78 is 1.74. The molecular formula is C11H15N7S3. The fourth-order valence-corrected chi connectivity index (χ4v) is 4.34. The van der Waals surface area contributed by atoms with E-state index >= 15 is 0 Å². The molecule has 0 aliphatic carbocycles. The molecular weight excluding hydrogens is 326 g/mol. The molecule has 2 aromatic rings. The molecule has 0 aromatic carbocycles. The van der Waals surface area contributed by atoms with Gasteiger partial charge in [0.25, 0.3) is 0 Å². The molecule has 10 heteroatoms. The van der Waals surface area contributed by atoms with Crippen molar-refractivity contribution in [3.63, 3.8) is 0 Å². The van der Waals surface area contributed by atoms with Gasteiger partial charge in [0.15, 0.2) is 8.68 Å². The summed E-state index contributed by atoms with van der Waals surface area (Å²) in [7, 11) is 0. The third-order valence-electron chi connectivity index (χ3n) is 3.00. The highest BCUT2D eigenvalue weighted by molar-refractivity contribution is 8.02. The topological polar surface area (TPSA) is 93.7 Å². The zero-order valence-corrected chi connectivity index (χ0v) is 14.0. The van der Waals surface area contributed by atoms with Crippen LogP contribution < -0.4 is 10.6 Å². The van der Waals surface area contributed by atoms with E-state index in [4.69, 9.17) is 5.73 Å². The molecule has 112 valence electrons. The molecule has 3 rings (SSSR count). The number of thioether (sulfide) groups is 1. The Labute approximate surface area is 135 Å². The van der Waals surface area contributed by atoms with Gasteiger partial charge in [-0.05, 0) is 37.3 Å². The lowest BCUT2D eigenvalue weighted by atomic mass is 10.1. The fraction of sp³-hybridized carbons (Fsp3) is 0.545. The monoisotopic (exact) mass is 341 g/mol. The van der Waals surface area contributed by atoms with E-state index in [0.717, 1.165) is 21.8 Å². The van der Waals surface area contributed by atoms with Gasteiger partial charge in [-0.1, -0.05) is 23.1 Å². The van der Waals surface area contributed by atoms with E-state index in [9.17, 15) is 0 Å². The maximum absolute atomic E-state index is 5.81. The summed E-state index contributed by atoms with van der Waals surface area (Å²) in [6.07, 6.45) is 5.58. The molecule has 0 saturated carbocycles. The summed E-state index contributed by atoms with van der Waals surface area (Å²) in [5.41, 5.74) is 5.81. The Morgan fingerprint density at radius 1 is 1.05 bits per heavy atom. The maximum atomic E-state index is 5.81. The van der Waals surface area contributed by atoms with Gasteiger partial charge >= 0.3 is 0 Å². The average Bonchev–Trinajstić information content (AvgIpc) is 2.95. The second kappa shape index (κ2) is 6.75. The molecule has 3 heterocycles. The van der Waals surface area contributed by atoms with Crippen LogP contribution in [0, 0.1) is 0 Å². The van der Waals surface area contributed by atoms with E-state index in [-0.39, 0.29) is 5.95 Å². The Hall–Kier alpha value is -1.13. The predicted molar refractivity (Wildman–Crippen MR) is 86.1 cm³/mol. The number of anilines is 2. The van der Waals surface area contributed by atoms with Crippen molar-refractivity contribution >= 4 is 46.8 Å². The van der Waals surface area contributed by atoms with Gasteiger partial charge in [0.05, 0.1) is 0 Å². The third-order valence-corrected chi connectivity index (χ3v) is 5.82. The average molecular weight is 341 g/mol. The Balaban J connectivity index is 1.79. The zero-order valence-electron chi connectivity index (χ0n) is 11.5. The van der Waals surface area contributed by atoms with Crippen molar-refractivity contribution in [1.82, 2.24) is 25.1 Å². The van der Waals surface area contributed by atoms with E-state index in [1.165, 1.54) is 42.4 Å². The number of nitrogens with two attached hydrogens (primary N) is 1. The fourth-order valence-electron chi connectivity index (χ4n) is 2.04.